The van der Waals surface area contributed by atoms with Crippen LogP contribution < -0.4 is 5.32 Å². The summed E-state index contributed by atoms with van der Waals surface area (Å²) in [6.07, 6.45) is 23.2. The Labute approximate surface area is 158 Å². The quantitative estimate of drug-likeness (QED) is 0.242. The van der Waals surface area contributed by atoms with Gasteiger partial charge < -0.3 is 5.32 Å². The molecule has 1 amide bonds. The molecular formula is C23H46NO. The van der Waals surface area contributed by atoms with Crippen molar-refractivity contribution in [2.45, 2.75) is 135 Å². The molecule has 0 spiro atoms. The molecule has 0 rings (SSSR count). The summed E-state index contributed by atoms with van der Waals surface area (Å²) in [5.41, 5.74) is 0. The Morgan fingerprint density at radius 2 is 1.08 bits per heavy atom. The standard InChI is InChI=1S/C23H46NO/c1-4-6-7-8-9-10-11-12-13-14-15-16-17-18-19-21-23(25)24-22(3)20-5-2/h22H,3-21H2,1-2H3,(H,24,25). The van der Waals surface area contributed by atoms with Crippen LogP contribution in [-0.2, 0) is 4.79 Å². The molecule has 0 aromatic heterocycles. The van der Waals surface area contributed by atoms with Gasteiger partial charge in [-0.1, -0.05) is 110 Å². The molecule has 1 radical (unpaired) electrons. The van der Waals surface area contributed by atoms with Gasteiger partial charge in [-0.05, 0) is 19.8 Å². The van der Waals surface area contributed by atoms with E-state index in [0.29, 0.717) is 6.42 Å². The van der Waals surface area contributed by atoms with Crippen LogP contribution in [0.4, 0.5) is 0 Å². The monoisotopic (exact) mass is 352 g/mol. The minimum absolute atomic E-state index is 0.0915. The maximum atomic E-state index is 11.7. The first kappa shape index (κ1) is 24.5. The molecule has 0 bridgehead atoms. The van der Waals surface area contributed by atoms with Crippen LogP contribution in [0, 0.1) is 6.92 Å². The average molecular weight is 353 g/mol. The van der Waals surface area contributed by atoms with Crippen LogP contribution >= 0.6 is 0 Å². The van der Waals surface area contributed by atoms with E-state index in [1.54, 1.807) is 0 Å². The van der Waals surface area contributed by atoms with Gasteiger partial charge in [0.25, 0.3) is 0 Å². The molecule has 1 unspecified atom stereocenters. The normalized spacial score (nSPS) is 12.3. The van der Waals surface area contributed by atoms with Crippen LogP contribution in [0.5, 0.6) is 0 Å². The van der Waals surface area contributed by atoms with Crippen molar-refractivity contribution in [2.75, 3.05) is 0 Å². The highest BCUT2D eigenvalue weighted by atomic mass is 16.1. The SMILES string of the molecule is [CH2]C(CCC)NC(=O)CCCCCCCCCCCCCCCCC. The molecule has 0 saturated carbocycles. The maximum Gasteiger partial charge on any atom is 0.220 e. The van der Waals surface area contributed by atoms with E-state index >= 15 is 0 Å². The molecule has 1 N–H and O–H groups in total. The first-order valence-electron chi connectivity index (χ1n) is 11.3. The van der Waals surface area contributed by atoms with Crippen molar-refractivity contribution in [1.82, 2.24) is 5.32 Å². The summed E-state index contributed by atoms with van der Waals surface area (Å²) >= 11 is 0. The van der Waals surface area contributed by atoms with Crippen molar-refractivity contribution in [3.8, 4) is 0 Å². The van der Waals surface area contributed by atoms with Gasteiger partial charge >= 0.3 is 0 Å². The summed E-state index contributed by atoms with van der Waals surface area (Å²) in [5.74, 6) is 0.183. The van der Waals surface area contributed by atoms with Crippen molar-refractivity contribution >= 4 is 5.91 Å². The number of carbonyl (C=O) groups is 1. The van der Waals surface area contributed by atoms with Gasteiger partial charge in [0.05, 0.1) is 0 Å². The molecule has 0 saturated heterocycles. The molecule has 2 nitrogen and oxygen atoms in total. The van der Waals surface area contributed by atoms with E-state index in [0.717, 1.165) is 19.3 Å². The first-order chi connectivity index (χ1) is 12.2. The maximum absolute atomic E-state index is 11.7. The molecule has 149 valence electrons. The van der Waals surface area contributed by atoms with Gasteiger partial charge in [0, 0.05) is 12.5 Å². The predicted octanol–water partition coefficient (Wildman–Crippen LogP) is 7.37. The van der Waals surface area contributed by atoms with E-state index in [4.69, 9.17) is 0 Å². The van der Waals surface area contributed by atoms with Crippen LogP contribution in [0.3, 0.4) is 0 Å². The summed E-state index contributed by atoms with van der Waals surface area (Å²) in [6, 6.07) is 0.0915. The highest BCUT2D eigenvalue weighted by Gasteiger charge is 2.05. The Hall–Kier alpha value is -0.530. The van der Waals surface area contributed by atoms with Gasteiger partial charge in [0.2, 0.25) is 5.91 Å². The molecule has 25 heavy (non-hydrogen) atoms. The zero-order valence-corrected chi connectivity index (χ0v) is 17.4. The lowest BCUT2D eigenvalue weighted by Crippen LogP contribution is -2.32. The second-order valence-electron chi connectivity index (χ2n) is 7.75. The van der Waals surface area contributed by atoms with E-state index in [1.165, 1.54) is 89.9 Å². The topological polar surface area (TPSA) is 29.1 Å². The molecule has 0 aliphatic rings. The Morgan fingerprint density at radius 3 is 1.48 bits per heavy atom. The third-order valence-corrected chi connectivity index (χ3v) is 5.01. The zero-order valence-electron chi connectivity index (χ0n) is 17.4. The smallest absolute Gasteiger partial charge is 0.220 e. The molecule has 0 aliphatic heterocycles. The van der Waals surface area contributed by atoms with Crippen molar-refractivity contribution in [3.05, 3.63) is 6.92 Å². The Kier molecular flexibility index (Phi) is 19.4. The highest BCUT2D eigenvalue weighted by Crippen LogP contribution is 2.13. The van der Waals surface area contributed by atoms with Gasteiger partial charge in [0.15, 0.2) is 0 Å². The number of carbonyl (C=O) groups excluding carboxylic acids is 1. The summed E-state index contributed by atoms with van der Waals surface area (Å²) in [7, 11) is 0. The summed E-state index contributed by atoms with van der Waals surface area (Å²) in [6.45, 7) is 8.36. The lowest BCUT2D eigenvalue weighted by atomic mass is 10.0. The minimum Gasteiger partial charge on any atom is -0.353 e. The fourth-order valence-corrected chi connectivity index (χ4v) is 3.38. The van der Waals surface area contributed by atoms with Crippen molar-refractivity contribution < 1.29 is 4.79 Å². The molecule has 0 fully saturated rings. The van der Waals surface area contributed by atoms with E-state index in [1.807, 2.05) is 0 Å². The van der Waals surface area contributed by atoms with Crippen LogP contribution in [0.15, 0.2) is 0 Å². The molecule has 0 aromatic rings. The van der Waals surface area contributed by atoms with Crippen LogP contribution in [0.1, 0.15) is 129 Å². The molecule has 0 heterocycles. The number of hydrogen-bond donors (Lipinski definition) is 1. The van der Waals surface area contributed by atoms with E-state index in [-0.39, 0.29) is 11.9 Å². The highest BCUT2D eigenvalue weighted by molar-refractivity contribution is 5.76. The van der Waals surface area contributed by atoms with E-state index < -0.39 is 0 Å². The van der Waals surface area contributed by atoms with E-state index in [9.17, 15) is 4.79 Å². The lowest BCUT2D eigenvalue weighted by molar-refractivity contribution is -0.121. The summed E-state index contributed by atoms with van der Waals surface area (Å²) < 4.78 is 0. The Balaban J connectivity index is 3.15. The Morgan fingerprint density at radius 1 is 0.680 bits per heavy atom. The van der Waals surface area contributed by atoms with Crippen molar-refractivity contribution in [3.63, 3.8) is 0 Å². The molecule has 0 aliphatic carbocycles. The first-order valence-corrected chi connectivity index (χ1v) is 11.3. The second kappa shape index (κ2) is 19.8. The summed E-state index contributed by atoms with van der Waals surface area (Å²) in [5, 5.41) is 2.98. The van der Waals surface area contributed by atoms with Crippen molar-refractivity contribution in [1.29, 1.82) is 0 Å². The number of unbranched alkanes of at least 4 members (excludes halogenated alkanes) is 14. The van der Waals surface area contributed by atoms with Crippen LogP contribution in [0.25, 0.3) is 0 Å². The van der Waals surface area contributed by atoms with Crippen LogP contribution in [0.2, 0.25) is 0 Å². The zero-order chi connectivity index (χ0) is 18.6. The fraction of sp³-hybridized carbons (Fsp3) is 0.913. The molecule has 0 aromatic carbocycles. The minimum atomic E-state index is 0.0915. The number of amides is 1. The predicted molar refractivity (Wildman–Crippen MR) is 112 cm³/mol. The van der Waals surface area contributed by atoms with Crippen molar-refractivity contribution in [2.24, 2.45) is 0 Å². The molecule has 1 atom stereocenters. The van der Waals surface area contributed by atoms with Gasteiger partial charge in [-0.3, -0.25) is 4.79 Å². The van der Waals surface area contributed by atoms with Gasteiger partial charge in [-0.2, -0.15) is 0 Å². The Bertz CT molecular complexity index is 277. The fourth-order valence-electron chi connectivity index (χ4n) is 3.38. The second-order valence-corrected chi connectivity index (χ2v) is 7.75. The summed E-state index contributed by atoms with van der Waals surface area (Å²) in [4.78, 5) is 11.7. The number of hydrogen-bond acceptors (Lipinski definition) is 1. The van der Waals surface area contributed by atoms with Crippen LogP contribution in [-0.4, -0.2) is 11.9 Å². The number of rotatable bonds is 19. The lowest BCUT2D eigenvalue weighted by Gasteiger charge is -2.12. The third kappa shape index (κ3) is 19.6. The average Bonchev–Trinajstić information content (AvgIpc) is 2.58. The van der Waals surface area contributed by atoms with Gasteiger partial charge in [0.1, 0.15) is 0 Å². The van der Waals surface area contributed by atoms with E-state index in [2.05, 4.69) is 26.1 Å². The number of nitrogens with one attached hydrogen (secondary N) is 1. The molecule has 2 heteroatoms. The third-order valence-electron chi connectivity index (χ3n) is 5.01. The molecular weight excluding hydrogens is 306 g/mol. The van der Waals surface area contributed by atoms with Gasteiger partial charge in [-0.15, -0.1) is 0 Å². The van der Waals surface area contributed by atoms with Gasteiger partial charge in [-0.25, -0.2) is 0 Å². The largest absolute Gasteiger partial charge is 0.353 e.